The molecule has 0 saturated carbocycles. The van der Waals surface area contributed by atoms with Crippen molar-refractivity contribution < 1.29 is 13.5 Å². The maximum atomic E-state index is 13.5. The van der Waals surface area contributed by atoms with E-state index >= 15 is 0 Å². The Labute approximate surface area is 114 Å². The minimum atomic E-state index is -0.512. The predicted molar refractivity (Wildman–Crippen MR) is 70.1 cm³/mol. The smallest absolute Gasteiger partial charge is 0.205 e. The number of benzene rings is 1. The number of halogens is 2. The molecular formula is C12H13F2N5O. The molecule has 106 valence electrons. The highest BCUT2D eigenvalue weighted by Gasteiger charge is 2.12. The normalized spacial score (nSPS) is 10.2. The van der Waals surface area contributed by atoms with Gasteiger partial charge in [0.25, 0.3) is 0 Å². The number of aromatic nitrogens is 2. The molecule has 0 aliphatic carbocycles. The molecule has 0 fully saturated rings. The van der Waals surface area contributed by atoms with E-state index in [0.29, 0.717) is 5.82 Å². The maximum Gasteiger partial charge on any atom is 0.205 e. The van der Waals surface area contributed by atoms with Gasteiger partial charge in [0, 0.05) is 12.1 Å². The molecule has 0 bridgehead atoms. The van der Waals surface area contributed by atoms with Crippen LogP contribution in [0.1, 0.15) is 5.56 Å². The number of rotatable bonds is 5. The number of hydrazine groups is 1. The van der Waals surface area contributed by atoms with Gasteiger partial charge in [-0.15, -0.1) is 0 Å². The minimum Gasteiger partial charge on any atom is -0.490 e. The van der Waals surface area contributed by atoms with Crippen molar-refractivity contribution in [1.29, 1.82) is 0 Å². The number of nitrogens with one attached hydrogen (secondary N) is 2. The minimum absolute atomic E-state index is 0.0426. The van der Waals surface area contributed by atoms with Crippen LogP contribution in [0.5, 0.6) is 5.75 Å². The second kappa shape index (κ2) is 6.11. The Morgan fingerprint density at radius 3 is 2.70 bits per heavy atom. The lowest BCUT2D eigenvalue weighted by Gasteiger charge is -2.12. The largest absolute Gasteiger partial charge is 0.490 e. The summed E-state index contributed by atoms with van der Waals surface area (Å²) in [5.41, 5.74) is 2.53. The van der Waals surface area contributed by atoms with Gasteiger partial charge in [-0.05, 0) is 18.2 Å². The quantitative estimate of drug-likeness (QED) is 0.571. The molecule has 8 heteroatoms. The lowest BCUT2D eigenvalue weighted by Crippen LogP contribution is -2.12. The molecular weight excluding hydrogens is 268 g/mol. The fourth-order valence-corrected chi connectivity index (χ4v) is 1.65. The number of hydrogen-bond donors (Lipinski definition) is 3. The van der Waals surface area contributed by atoms with Crippen LogP contribution in [0.4, 0.5) is 20.4 Å². The molecule has 6 nitrogen and oxygen atoms in total. The molecule has 0 aliphatic heterocycles. The summed E-state index contributed by atoms with van der Waals surface area (Å²) in [6.07, 6.45) is 1.27. The van der Waals surface area contributed by atoms with Crippen LogP contribution in [0.15, 0.2) is 24.5 Å². The number of hydrogen-bond acceptors (Lipinski definition) is 6. The third-order valence-corrected chi connectivity index (χ3v) is 2.60. The monoisotopic (exact) mass is 281 g/mol. The van der Waals surface area contributed by atoms with Gasteiger partial charge in [0.15, 0.2) is 11.6 Å². The average molecular weight is 281 g/mol. The fourth-order valence-electron chi connectivity index (χ4n) is 1.65. The van der Waals surface area contributed by atoms with E-state index in [4.69, 9.17) is 10.6 Å². The lowest BCUT2D eigenvalue weighted by atomic mass is 10.2. The second-order valence-corrected chi connectivity index (χ2v) is 3.84. The SMILES string of the molecule is COc1c(NN)ncnc1NCc1cc(F)ccc1F. The highest BCUT2D eigenvalue weighted by molar-refractivity contribution is 5.63. The van der Waals surface area contributed by atoms with Gasteiger partial charge < -0.3 is 15.5 Å². The summed E-state index contributed by atoms with van der Waals surface area (Å²) in [4.78, 5) is 7.84. The van der Waals surface area contributed by atoms with Gasteiger partial charge >= 0.3 is 0 Å². The number of nitrogens with two attached hydrogens (primary N) is 1. The summed E-state index contributed by atoms with van der Waals surface area (Å²) in [6.45, 7) is 0.0426. The van der Waals surface area contributed by atoms with Crippen LogP contribution in [0, 0.1) is 11.6 Å². The highest BCUT2D eigenvalue weighted by Crippen LogP contribution is 2.28. The molecule has 1 aromatic heterocycles. The number of nitrogens with zero attached hydrogens (tertiary/aromatic N) is 2. The fraction of sp³-hybridized carbons (Fsp3) is 0.167. The van der Waals surface area contributed by atoms with Crippen molar-refractivity contribution in [2.75, 3.05) is 17.9 Å². The summed E-state index contributed by atoms with van der Waals surface area (Å²) in [5, 5.41) is 2.84. The molecule has 0 amide bonds. The number of anilines is 2. The zero-order valence-corrected chi connectivity index (χ0v) is 10.7. The molecule has 0 spiro atoms. The average Bonchev–Trinajstić information content (AvgIpc) is 2.47. The molecule has 0 saturated heterocycles. The van der Waals surface area contributed by atoms with E-state index in [-0.39, 0.29) is 23.7 Å². The molecule has 0 unspecified atom stereocenters. The van der Waals surface area contributed by atoms with Gasteiger partial charge in [-0.25, -0.2) is 24.6 Å². The molecule has 0 radical (unpaired) electrons. The summed E-state index contributed by atoms with van der Waals surface area (Å²) in [5.74, 6) is 5.15. The molecule has 2 rings (SSSR count). The Bertz CT molecular complexity index is 608. The van der Waals surface area contributed by atoms with Crippen molar-refractivity contribution in [3.8, 4) is 5.75 Å². The summed E-state index contributed by atoms with van der Waals surface area (Å²) < 4.78 is 31.7. The molecule has 1 heterocycles. The van der Waals surface area contributed by atoms with Crippen molar-refractivity contribution in [3.63, 3.8) is 0 Å². The van der Waals surface area contributed by atoms with Gasteiger partial charge in [-0.2, -0.15) is 0 Å². The first kappa shape index (κ1) is 13.9. The first-order valence-corrected chi connectivity index (χ1v) is 5.69. The van der Waals surface area contributed by atoms with Crippen molar-refractivity contribution in [3.05, 3.63) is 41.7 Å². The highest BCUT2D eigenvalue weighted by atomic mass is 19.1. The number of methoxy groups -OCH3 is 1. The third kappa shape index (κ3) is 2.91. The first-order valence-electron chi connectivity index (χ1n) is 5.69. The molecule has 4 N–H and O–H groups in total. The third-order valence-electron chi connectivity index (χ3n) is 2.60. The standard InChI is InChI=1S/C12H13F2N5O/c1-20-10-11(17-6-18-12(10)19-15)16-5-7-4-8(13)2-3-9(7)14/h2-4,6H,5,15H2,1H3,(H2,16,17,18,19). The summed E-state index contributed by atoms with van der Waals surface area (Å²) >= 11 is 0. The number of ether oxygens (including phenoxy) is 1. The zero-order chi connectivity index (χ0) is 14.5. The van der Waals surface area contributed by atoms with E-state index in [9.17, 15) is 8.78 Å². The molecule has 2 aromatic rings. The second-order valence-electron chi connectivity index (χ2n) is 3.84. The van der Waals surface area contributed by atoms with Gasteiger partial charge in [-0.3, -0.25) is 0 Å². The van der Waals surface area contributed by atoms with Crippen molar-refractivity contribution in [2.45, 2.75) is 6.54 Å². The Morgan fingerprint density at radius 1 is 1.25 bits per heavy atom. The summed E-state index contributed by atoms with van der Waals surface area (Å²) in [6, 6.07) is 3.23. The first-order chi connectivity index (χ1) is 9.65. The van der Waals surface area contributed by atoms with Crippen molar-refractivity contribution >= 4 is 11.6 Å². The number of nitrogen functional groups attached to an aromatic ring is 1. The van der Waals surface area contributed by atoms with E-state index < -0.39 is 11.6 Å². The van der Waals surface area contributed by atoms with Gasteiger partial charge in [0.1, 0.15) is 18.0 Å². The van der Waals surface area contributed by atoms with E-state index in [1.807, 2.05) is 0 Å². The van der Waals surface area contributed by atoms with E-state index in [1.54, 1.807) is 0 Å². The Hall–Kier alpha value is -2.48. The lowest BCUT2D eigenvalue weighted by molar-refractivity contribution is 0.414. The molecule has 1 aromatic carbocycles. The van der Waals surface area contributed by atoms with E-state index in [2.05, 4.69) is 20.7 Å². The van der Waals surface area contributed by atoms with Crippen LogP contribution in [0.2, 0.25) is 0 Å². The predicted octanol–water partition coefficient (Wildman–Crippen LogP) is 1.66. The molecule has 0 aliphatic rings. The molecule has 20 heavy (non-hydrogen) atoms. The van der Waals surface area contributed by atoms with Crippen LogP contribution >= 0.6 is 0 Å². The van der Waals surface area contributed by atoms with E-state index in [1.165, 1.54) is 13.4 Å². The van der Waals surface area contributed by atoms with Crippen LogP contribution in [0.3, 0.4) is 0 Å². The van der Waals surface area contributed by atoms with Crippen LogP contribution in [-0.4, -0.2) is 17.1 Å². The van der Waals surface area contributed by atoms with Crippen molar-refractivity contribution in [2.24, 2.45) is 5.84 Å². The van der Waals surface area contributed by atoms with Crippen LogP contribution in [-0.2, 0) is 6.54 Å². The molecule has 0 atom stereocenters. The van der Waals surface area contributed by atoms with E-state index in [0.717, 1.165) is 18.2 Å². The Morgan fingerprint density at radius 2 is 2.00 bits per heavy atom. The topological polar surface area (TPSA) is 85.1 Å². The Kier molecular flexibility index (Phi) is 4.26. The van der Waals surface area contributed by atoms with Crippen molar-refractivity contribution in [1.82, 2.24) is 9.97 Å². The maximum absolute atomic E-state index is 13.5. The van der Waals surface area contributed by atoms with Crippen LogP contribution < -0.4 is 21.3 Å². The van der Waals surface area contributed by atoms with Gasteiger partial charge in [-0.1, -0.05) is 0 Å². The summed E-state index contributed by atoms with van der Waals surface area (Å²) in [7, 11) is 1.42. The van der Waals surface area contributed by atoms with Gasteiger partial charge in [0.05, 0.1) is 7.11 Å². The van der Waals surface area contributed by atoms with Gasteiger partial charge in [0.2, 0.25) is 5.75 Å². The zero-order valence-electron chi connectivity index (χ0n) is 10.7. The van der Waals surface area contributed by atoms with Crippen LogP contribution in [0.25, 0.3) is 0 Å². The Balaban J connectivity index is 2.20.